The summed E-state index contributed by atoms with van der Waals surface area (Å²) in [5.41, 5.74) is 3.80. The van der Waals surface area contributed by atoms with Crippen LogP contribution in [0.3, 0.4) is 0 Å². The highest BCUT2D eigenvalue weighted by atomic mass is 32.1. The molecule has 2 aromatic carbocycles. The zero-order valence-corrected chi connectivity index (χ0v) is 23.3. The molecule has 2 fully saturated rings. The van der Waals surface area contributed by atoms with E-state index in [1.54, 1.807) is 0 Å². The van der Waals surface area contributed by atoms with Crippen molar-refractivity contribution in [1.29, 1.82) is 0 Å². The van der Waals surface area contributed by atoms with Crippen LogP contribution in [0, 0.1) is 5.92 Å². The Labute approximate surface area is 228 Å². The van der Waals surface area contributed by atoms with Gasteiger partial charge in [-0.3, -0.25) is 14.7 Å². The van der Waals surface area contributed by atoms with Gasteiger partial charge >= 0.3 is 0 Å². The molecule has 1 saturated heterocycles. The number of rotatable bonds is 11. The molecule has 2 N–H and O–H groups in total. The van der Waals surface area contributed by atoms with Gasteiger partial charge in [0.25, 0.3) is 0 Å². The van der Waals surface area contributed by atoms with Gasteiger partial charge in [0.15, 0.2) is 0 Å². The third kappa shape index (κ3) is 8.98. The van der Waals surface area contributed by atoms with Crippen molar-refractivity contribution in [3.8, 4) is 0 Å². The van der Waals surface area contributed by atoms with Crippen LogP contribution in [-0.2, 0) is 17.9 Å². The molecule has 1 aliphatic carbocycles. The van der Waals surface area contributed by atoms with Crippen molar-refractivity contribution >= 4 is 24.2 Å². The predicted octanol–water partition coefficient (Wildman–Crippen LogP) is 5.65. The molecule has 0 spiro atoms. The van der Waals surface area contributed by atoms with Gasteiger partial charge in [0.2, 0.25) is 5.91 Å². The molecule has 1 aliphatic heterocycles. The minimum Gasteiger partial charge on any atom is -0.354 e. The van der Waals surface area contributed by atoms with E-state index in [1.807, 2.05) is 6.07 Å². The molecule has 0 bridgehead atoms. The lowest BCUT2D eigenvalue weighted by atomic mass is 9.95. The van der Waals surface area contributed by atoms with Crippen LogP contribution in [0.25, 0.3) is 0 Å². The van der Waals surface area contributed by atoms with Gasteiger partial charge in [-0.25, -0.2) is 0 Å². The predicted molar refractivity (Wildman–Crippen MR) is 156 cm³/mol. The summed E-state index contributed by atoms with van der Waals surface area (Å²) in [6.07, 6.45) is 8.84. The second-order valence-corrected chi connectivity index (χ2v) is 11.2. The van der Waals surface area contributed by atoms with Gasteiger partial charge in [0, 0.05) is 36.3 Å². The number of nitrogens with zero attached hydrogens (tertiary/aromatic N) is 2. The van der Waals surface area contributed by atoms with Crippen molar-refractivity contribution in [2.75, 3.05) is 19.6 Å². The van der Waals surface area contributed by atoms with Gasteiger partial charge in [-0.15, -0.1) is 12.6 Å². The SMILES string of the molecule is CCC(NCc1ccccc1)C(N=C1CCCCC1)C(=O)NCC1CCN(Cc2ccc(S)cc2)CC1. The molecule has 37 heavy (non-hydrogen) atoms. The number of hydrogen-bond donors (Lipinski definition) is 3. The van der Waals surface area contributed by atoms with Crippen molar-refractivity contribution in [1.82, 2.24) is 15.5 Å². The Balaban J connectivity index is 1.30. The Bertz CT molecular complexity index is 978. The Morgan fingerprint density at radius 2 is 1.70 bits per heavy atom. The second-order valence-electron chi connectivity index (χ2n) is 10.7. The van der Waals surface area contributed by atoms with Crippen molar-refractivity contribution in [2.45, 2.75) is 88.4 Å². The third-order valence-electron chi connectivity index (χ3n) is 7.87. The summed E-state index contributed by atoms with van der Waals surface area (Å²) in [4.78, 5) is 22.1. The number of benzene rings is 2. The van der Waals surface area contributed by atoms with E-state index in [-0.39, 0.29) is 18.0 Å². The van der Waals surface area contributed by atoms with E-state index in [0.29, 0.717) is 5.92 Å². The van der Waals surface area contributed by atoms with Crippen LogP contribution in [0.2, 0.25) is 0 Å². The Morgan fingerprint density at radius 3 is 2.38 bits per heavy atom. The van der Waals surface area contributed by atoms with E-state index in [0.717, 1.165) is 69.7 Å². The molecule has 2 unspecified atom stereocenters. The summed E-state index contributed by atoms with van der Waals surface area (Å²) in [7, 11) is 0. The molecule has 2 atom stereocenters. The van der Waals surface area contributed by atoms with Crippen molar-refractivity contribution in [2.24, 2.45) is 10.9 Å². The van der Waals surface area contributed by atoms with Gasteiger partial charge in [-0.05, 0) is 87.2 Å². The highest BCUT2D eigenvalue weighted by Crippen LogP contribution is 2.20. The highest BCUT2D eigenvalue weighted by molar-refractivity contribution is 7.80. The Hall–Kier alpha value is -2.15. The highest BCUT2D eigenvalue weighted by Gasteiger charge is 2.28. The largest absolute Gasteiger partial charge is 0.354 e. The number of likely N-dealkylation sites (tertiary alicyclic amines) is 1. The van der Waals surface area contributed by atoms with Crippen LogP contribution in [0.1, 0.15) is 69.4 Å². The quantitative estimate of drug-likeness (QED) is 0.336. The van der Waals surface area contributed by atoms with Gasteiger partial charge in [-0.1, -0.05) is 55.8 Å². The van der Waals surface area contributed by atoms with Crippen LogP contribution >= 0.6 is 12.6 Å². The molecular weight excluding hydrogens is 476 g/mol. The molecule has 1 amide bonds. The second kappa shape index (κ2) is 14.7. The summed E-state index contributed by atoms with van der Waals surface area (Å²) in [5, 5.41) is 6.96. The summed E-state index contributed by atoms with van der Waals surface area (Å²) >= 11 is 4.39. The Kier molecular flexibility index (Phi) is 11.1. The van der Waals surface area contributed by atoms with Crippen LogP contribution in [0.15, 0.2) is 64.5 Å². The smallest absolute Gasteiger partial charge is 0.246 e. The number of nitrogens with one attached hydrogen (secondary N) is 2. The van der Waals surface area contributed by atoms with E-state index < -0.39 is 0 Å². The fourth-order valence-electron chi connectivity index (χ4n) is 5.50. The van der Waals surface area contributed by atoms with Crippen LogP contribution < -0.4 is 10.6 Å². The van der Waals surface area contributed by atoms with Crippen molar-refractivity contribution in [3.05, 3.63) is 65.7 Å². The summed E-state index contributed by atoms with van der Waals surface area (Å²) in [6, 6.07) is 18.5. The third-order valence-corrected chi connectivity index (χ3v) is 8.17. The van der Waals surface area contributed by atoms with E-state index in [2.05, 4.69) is 83.6 Å². The summed E-state index contributed by atoms with van der Waals surface area (Å²) in [5.74, 6) is 0.611. The number of carbonyl (C=O) groups is 1. The van der Waals surface area contributed by atoms with Crippen LogP contribution in [0.5, 0.6) is 0 Å². The molecule has 6 heteroatoms. The maximum atomic E-state index is 13.5. The zero-order valence-electron chi connectivity index (χ0n) is 22.4. The molecule has 0 radical (unpaired) electrons. The van der Waals surface area contributed by atoms with E-state index in [1.165, 1.54) is 36.1 Å². The van der Waals surface area contributed by atoms with Crippen LogP contribution in [0.4, 0.5) is 0 Å². The normalized spacial score (nSPS) is 18.8. The Morgan fingerprint density at radius 1 is 1.00 bits per heavy atom. The van der Waals surface area contributed by atoms with Gasteiger partial charge in [0.1, 0.15) is 6.04 Å². The minimum absolute atomic E-state index is 0.0279. The summed E-state index contributed by atoms with van der Waals surface area (Å²) in [6.45, 7) is 6.79. The molecular formula is C31H44N4OS. The number of thiol groups is 1. The number of hydrogen-bond acceptors (Lipinski definition) is 5. The lowest BCUT2D eigenvalue weighted by molar-refractivity contribution is -0.123. The number of aliphatic imine (C=N–C) groups is 1. The average Bonchev–Trinajstić information content (AvgIpc) is 2.94. The standard InChI is InChI=1S/C31H44N4OS/c1-2-29(32-21-24-9-5-3-6-10-24)30(34-27-11-7-4-8-12-27)31(36)33-22-25-17-19-35(20-18-25)23-26-13-15-28(37)16-14-26/h3,5-6,9-10,13-16,25,29-30,32,37H,2,4,7-8,11-12,17-23H2,1H3,(H,33,36). The maximum absolute atomic E-state index is 13.5. The van der Waals surface area contributed by atoms with Crippen LogP contribution in [-0.4, -0.2) is 48.2 Å². The molecule has 0 aromatic heterocycles. The molecule has 4 rings (SSSR count). The number of carbonyl (C=O) groups excluding carboxylic acids is 1. The first-order valence-corrected chi connectivity index (χ1v) is 14.7. The van der Waals surface area contributed by atoms with Crippen molar-refractivity contribution in [3.63, 3.8) is 0 Å². The fraction of sp³-hybridized carbons (Fsp3) is 0.548. The number of amides is 1. The van der Waals surface area contributed by atoms with Crippen molar-refractivity contribution < 1.29 is 4.79 Å². The molecule has 2 aromatic rings. The maximum Gasteiger partial charge on any atom is 0.246 e. The molecule has 1 saturated carbocycles. The topological polar surface area (TPSA) is 56.7 Å². The average molecular weight is 521 g/mol. The van der Waals surface area contributed by atoms with E-state index in [9.17, 15) is 4.79 Å². The van der Waals surface area contributed by atoms with Gasteiger partial charge < -0.3 is 10.6 Å². The monoisotopic (exact) mass is 520 g/mol. The molecule has 2 aliphatic rings. The number of piperidine rings is 1. The lowest BCUT2D eigenvalue weighted by Crippen LogP contribution is -2.49. The summed E-state index contributed by atoms with van der Waals surface area (Å²) < 4.78 is 0. The van der Waals surface area contributed by atoms with Gasteiger partial charge in [-0.2, -0.15) is 0 Å². The zero-order chi connectivity index (χ0) is 25.9. The van der Waals surface area contributed by atoms with E-state index in [4.69, 9.17) is 4.99 Å². The van der Waals surface area contributed by atoms with Gasteiger partial charge in [0.05, 0.1) is 0 Å². The van der Waals surface area contributed by atoms with E-state index >= 15 is 0 Å². The first-order chi connectivity index (χ1) is 18.1. The minimum atomic E-state index is -0.364. The fourth-order valence-corrected chi connectivity index (χ4v) is 5.65. The molecule has 200 valence electrons. The molecule has 5 nitrogen and oxygen atoms in total. The molecule has 1 heterocycles. The first-order valence-electron chi connectivity index (χ1n) is 14.2. The lowest BCUT2D eigenvalue weighted by Gasteiger charge is -2.32. The first kappa shape index (κ1) is 27.9.